The number of nitrogens with one attached hydrogen (secondary N) is 1. The Labute approximate surface area is 118 Å². The fraction of sp³-hybridized carbons (Fsp3) is 0.500. The molecule has 0 spiro atoms. The van der Waals surface area contributed by atoms with Gasteiger partial charge in [-0.3, -0.25) is 0 Å². The van der Waals surface area contributed by atoms with Crippen LogP contribution in [-0.4, -0.2) is 39.9 Å². The van der Waals surface area contributed by atoms with Gasteiger partial charge >= 0.3 is 0 Å². The summed E-state index contributed by atoms with van der Waals surface area (Å²) in [5.74, 6) is 0.338. The molecule has 2 N–H and O–H groups in total. The Kier molecular flexibility index (Phi) is 6.74. The predicted octanol–water partition coefficient (Wildman–Crippen LogP) is 1.10. The Morgan fingerprint density at radius 2 is 2.00 bits per heavy atom. The lowest BCUT2D eigenvalue weighted by atomic mass is 10.2. The summed E-state index contributed by atoms with van der Waals surface area (Å²) in [5, 5.41) is 8.89. The Balaban J connectivity index is 2.83. The number of hydrogen-bond donors (Lipinski definition) is 2. The molecule has 0 amide bonds. The predicted molar refractivity (Wildman–Crippen MR) is 73.7 cm³/mol. The van der Waals surface area contributed by atoms with Crippen LogP contribution in [0.2, 0.25) is 0 Å². The number of benzene rings is 1. The molecule has 1 aromatic rings. The van der Waals surface area contributed by atoms with E-state index in [-0.39, 0.29) is 18.1 Å². The van der Waals surface area contributed by atoms with Crippen LogP contribution in [0.25, 0.3) is 0 Å². The zero-order valence-corrected chi connectivity index (χ0v) is 12.2. The van der Waals surface area contributed by atoms with Gasteiger partial charge in [-0.25, -0.2) is 13.1 Å². The maximum absolute atomic E-state index is 12.1. The van der Waals surface area contributed by atoms with Crippen molar-refractivity contribution in [2.45, 2.75) is 23.2 Å². The van der Waals surface area contributed by atoms with Crippen molar-refractivity contribution < 1.29 is 18.3 Å². The summed E-state index contributed by atoms with van der Waals surface area (Å²) in [4.78, 5) is 0.167. The van der Waals surface area contributed by atoms with Crippen LogP contribution in [0.15, 0.2) is 29.2 Å². The second kappa shape index (κ2) is 7.81. The van der Waals surface area contributed by atoms with Crippen molar-refractivity contribution in [1.29, 1.82) is 0 Å². The highest BCUT2D eigenvalue weighted by Gasteiger charge is 2.19. The molecule has 0 aliphatic rings. The standard InChI is InChI=1S/C12H18ClNO4S/c1-18-9-11(6-7-15)14-19(16,17)12-4-2-10(8-13)3-5-12/h2-5,11,14-15H,6-9H2,1H3. The van der Waals surface area contributed by atoms with Crippen LogP contribution < -0.4 is 4.72 Å². The molecule has 0 aromatic heterocycles. The maximum Gasteiger partial charge on any atom is 0.240 e. The van der Waals surface area contributed by atoms with E-state index in [2.05, 4.69) is 4.72 Å². The van der Waals surface area contributed by atoms with Crippen molar-refractivity contribution >= 4 is 21.6 Å². The van der Waals surface area contributed by atoms with Crippen LogP contribution in [0.3, 0.4) is 0 Å². The van der Waals surface area contributed by atoms with E-state index in [0.717, 1.165) is 5.56 Å². The van der Waals surface area contributed by atoms with E-state index < -0.39 is 16.1 Å². The van der Waals surface area contributed by atoms with E-state index >= 15 is 0 Å². The molecular formula is C12H18ClNO4S. The minimum Gasteiger partial charge on any atom is -0.396 e. The molecule has 1 aromatic carbocycles. The molecule has 1 rings (SSSR count). The van der Waals surface area contributed by atoms with Gasteiger partial charge in [0.2, 0.25) is 10.0 Å². The van der Waals surface area contributed by atoms with Crippen LogP contribution in [0.5, 0.6) is 0 Å². The number of aliphatic hydroxyl groups excluding tert-OH is 1. The first-order chi connectivity index (χ1) is 9.03. The SMILES string of the molecule is COCC(CCO)NS(=O)(=O)c1ccc(CCl)cc1. The van der Waals surface area contributed by atoms with Crippen molar-refractivity contribution in [3.05, 3.63) is 29.8 Å². The fourth-order valence-corrected chi connectivity index (χ4v) is 3.01. The average Bonchev–Trinajstić information content (AvgIpc) is 2.39. The van der Waals surface area contributed by atoms with Crippen LogP contribution in [0.1, 0.15) is 12.0 Å². The number of halogens is 1. The van der Waals surface area contributed by atoms with Gasteiger partial charge in [-0.1, -0.05) is 12.1 Å². The Morgan fingerprint density at radius 3 is 2.47 bits per heavy atom. The van der Waals surface area contributed by atoms with E-state index in [9.17, 15) is 8.42 Å². The van der Waals surface area contributed by atoms with Gasteiger partial charge in [0.05, 0.1) is 11.5 Å². The number of alkyl halides is 1. The van der Waals surface area contributed by atoms with Crippen molar-refractivity contribution in [3.63, 3.8) is 0 Å². The summed E-state index contributed by atoms with van der Waals surface area (Å²) in [7, 11) is -2.13. The Hall–Kier alpha value is -0.660. The summed E-state index contributed by atoms with van der Waals surface area (Å²) in [6.45, 7) is 0.0985. The smallest absolute Gasteiger partial charge is 0.240 e. The Bertz CT molecular complexity index is 469. The molecule has 0 aliphatic carbocycles. The topological polar surface area (TPSA) is 75.6 Å². The Morgan fingerprint density at radius 1 is 1.37 bits per heavy atom. The van der Waals surface area contributed by atoms with E-state index in [4.69, 9.17) is 21.4 Å². The second-order valence-electron chi connectivity index (χ2n) is 4.06. The minimum absolute atomic E-state index is 0.109. The third-order valence-corrected chi connectivity index (χ3v) is 4.40. The molecule has 7 heteroatoms. The largest absolute Gasteiger partial charge is 0.396 e. The molecule has 5 nitrogen and oxygen atoms in total. The van der Waals surface area contributed by atoms with Crippen LogP contribution in [-0.2, 0) is 20.6 Å². The van der Waals surface area contributed by atoms with Gasteiger partial charge in [0.15, 0.2) is 0 Å². The third-order valence-electron chi connectivity index (χ3n) is 2.56. The molecule has 0 heterocycles. The van der Waals surface area contributed by atoms with Gasteiger partial charge < -0.3 is 9.84 Å². The highest BCUT2D eigenvalue weighted by atomic mass is 35.5. The summed E-state index contributed by atoms with van der Waals surface area (Å²) < 4.78 is 31.6. The van der Waals surface area contributed by atoms with Crippen molar-refractivity contribution in [2.75, 3.05) is 20.3 Å². The average molecular weight is 308 g/mol. The van der Waals surface area contributed by atoms with Crippen LogP contribution >= 0.6 is 11.6 Å². The van der Waals surface area contributed by atoms with Gasteiger partial charge in [0.25, 0.3) is 0 Å². The lowest BCUT2D eigenvalue weighted by Crippen LogP contribution is -2.38. The molecule has 0 bridgehead atoms. The van der Waals surface area contributed by atoms with Gasteiger partial charge in [-0.05, 0) is 24.1 Å². The molecule has 1 unspecified atom stereocenters. The zero-order valence-electron chi connectivity index (χ0n) is 10.7. The monoisotopic (exact) mass is 307 g/mol. The molecule has 0 aliphatic heterocycles. The maximum atomic E-state index is 12.1. The lowest BCUT2D eigenvalue weighted by Gasteiger charge is -2.17. The number of sulfonamides is 1. The minimum atomic E-state index is -3.61. The molecule has 1 atom stereocenters. The van der Waals surface area contributed by atoms with Crippen molar-refractivity contribution in [2.24, 2.45) is 0 Å². The van der Waals surface area contributed by atoms with Crippen molar-refractivity contribution in [3.8, 4) is 0 Å². The molecule has 19 heavy (non-hydrogen) atoms. The van der Waals surface area contributed by atoms with Crippen LogP contribution in [0.4, 0.5) is 0 Å². The quantitative estimate of drug-likeness (QED) is 0.705. The molecular weight excluding hydrogens is 290 g/mol. The summed E-state index contributed by atoms with van der Waals surface area (Å²) in [5.41, 5.74) is 0.851. The number of ether oxygens (including phenoxy) is 1. The number of aliphatic hydroxyl groups is 1. The lowest BCUT2D eigenvalue weighted by molar-refractivity contribution is 0.158. The van der Waals surface area contributed by atoms with Crippen LogP contribution in [0, 0.1) is 0 Å². The first-order valence-corrected chi connectivity index (χ1v) is 7.82. The van der Waals surface area contributed by atoms with Gasteiger partial charge in [-0.2, -0.15) is 0 Å². The zero-order chi connectivity index (χ0) is 14.3. The molecule has 0 saturated heterocycles. The second-order valence-corrected chi connectivity index (χ2v) is 6.04. The number of rotatable bonds is 8. The highest BCUT2D eigenvalue weighted by Crippen LogP contribution is 2.13. The van der Waals surface area contributed by atoms with E-state index in [1.165, 1.54) is 19.2 Å². The first-order valence-electron chi connectivity index (χ1n) is 5.80. The van der Waals surface area contributed by atoms with Gasteiger partial charge in [-0.15, -0.1) is 11.6 Å². The molecule has 108 valence electrons. The van der Waals surface area contributed by atoms with Crippen molar-refractivity contribution in [1.82, 2.24) is 4.72 Å². The molecule has 0 saturated carbocycles. The number of methoxy groups -OCH3 is 1. The summed E-state index contributed by atoms with van der Waals surface area (Å²) >= 11 is 5.65. The third kappa shape index (κ3) is 5.08. The number of hydrogen-bond acceptors (Lipinski definition) is 4. The van der Waals surface area contributed by atoms with E-state index in [0.29, 0.717) is 12.3 Å². The molecule has 0 fully saturated rings. The van der Waals surface area contributed by atoms with Gasteiger partial charge in [0, 0.05) is 25.6 Å². The summed E-state index contributed by atoms with van der Waals surface area (Å²) in [6.07, 6.45) is 0.298. The summed E-state index contributed by atoms with van der Waals surface area (Å²) in [6, 6.07) is 5.89. The highest BCUT2D eigenvalue weighted by molar-refractivity contribution is 7.89. The fourth-order valence-electron chi connectivity index (χ4n) is 1.58. The van der Waals surface area contributed by atoms with Gasteiger partial charge in [0.1, 0.15) is 0 Å². The normalized spacial score (nSPS) is 13.4. The molecule has 0 radical (unpaired) electrons. The van der Waals surface area contributed by atoms with E-state index in [1.807, 2.05) is 0 Å². The first kappa shape index (κ1) is 16.4. The van der Waals surface area contributed by atoms with E-state index in [1.54, 1.807) is 12.1 Å².